The van der Waals surface area contributed by atoms with E-state index < -0.39 is 12.1 Å². The lowest BCUT2D eigenvalue weighted by molar-refractivity contribution is -0.596. The molecule has 4 rings (SSSR count). The third-order valence-electron chi connectivity index (χ3n) is 5.28. The van der Waals surface area contributed by atoms with Crippen LogP contribution in [-0.2, 0) is 4.79 Å². The van der Waals surface area contributed by atoms with Gasteiger partial charge in [0.2, 0.25) is 12.3 Å². The monoisotopic (exact) mass is 432 g/mol. The SMILES string of the molecule is Cc1ccc([C@H]2[C@H](NC(=O)c3cccc(C)c3)C(=O)N/[N+]2=C\c2ccc(Cl)cc2)cc1. The van der Waals surface area contributed by atoms with Crippen LogP contribution in [0.5, 0.6) is 0 Å². The molecule has 0 aromatic heterocycles. The second-order valence-electron chi connectivity index (χ2n) is 7.74. The zero-order valence-corrected chi connectivity index (χ0v) is 18.1. The topological polar surface area (TPSA) is 61.2 Å². The Morgan fingerprint density at radius 2 is 1.71 bits per heavy atom. The molecule has 0 spiro atoms. The zero-order valence-electron chi connectivity index (χ0n) is 17.3. The summed E-state index contributed by atoms with van der Waals surface area (Å²) in [6.07, 6.45) is 1.84. The summed E-state index contributed by atoms with van der Waals surface area (Å²) < 4.78 is 1.75. The third-order valence-corrected chi connectivity index (χ3v) is 5.53. The van der Waals surface area contributed by atoms with Crippen LogP contribution in [0, 0.1) is 13.8 Å². The molecule has 2 amide bonds. The maximum atomic E-state index is 12.9. The van der Waals surface area contributed by atoms with Crippen molar-refractivity contribution in [1.29, 1.82) is 0 Å². The van der Waals surface area contributed by atoms with Crippen LogP contribution in [0.4, 0.5) is 0 Å². The molecule has 1 saturated heterocycles. The number of rotatable bonds is 4. The number of halogens is 1. The van der Waals surface area contributed by atoms with Crippen LogP contribution >= 0.6 is 11.6 Å². The van der Waals surface area contributed by atoms with E-state index in [0.29, 0.717) is 10.6 Å². The molecule has 5 nitrogen and oxygen atoms in total. The van der Waals surface area contributed by atoms with Gasteiger partial charge in [-0.1, -0.05) is 59.1 Å². The van der Waals surface area contributed by atoms with Gasteiger partial charge < -0.3 is 5.32 Å². The lowest BCUT2D eigenvalue weighted by Crippen LogP contribution is -2.42. The summed E-state index contributed by atoms with van der Waals surface area (Å²) in [4.78, 5) is 25.8. The number of hydrogen-bond donors (Lipinski definition) is 2. The van der Waals surface area contributed by atoms with Gasteiger partial charge in [-0.25, -0.2) is 0 Å². The molecule has 1 aliphatic rings. The Bertz CT molecular complexity index is 1150. The normalized spacial score (nSPS) is 19.3. The quantitative estimate of drug-likeness (QED) is 0.613. The van der Waals surface area contributed by atoms with Crippen molar-refractivity contribution in [1.82, 2.24) is 10.7 Å². The first kappa shape index (κ1) is 20.8. The van der Waals surface area contributed by atoms with Gasteiger partial charge in [-0.05, 0) is 50.2 Å². The molecule has 0 saturated carbocycles. The van der Waals surface area contributed by atoms with Gasteiger partial charge in [-0.3, -0.25) is 9.59 Å². The highest BCUT2D eigenvalue weighted by atomic mass is 35.5. The van der Waals surface area contributed by atoms with Gasteiger partial charge in [0.05, 0.1) is 0 Å². The number of aryl methyl sites for hydroxylation is 2. The minimum atomic E-state index is -0.751. The lowest BCUT2D eigenvalue weighted by Gasteiger charge is -2.15. The number of benzene rings is 3. The predicted octanol–water partition coefficient (Wildman–Crippen LogP) is 3.97. The molecule has 0 aliphatic carbocycles. The van der Waals surface area contributed by atoms with Crippen LogP contribution in [-0.4, -0.2) is 28.8 Å². The van der Waals surface area contributed by atoms with Crippen LogP contribution in [0.2, 0.25) is 5.02 Å². The highest BCUT2D eigenvalue weighted by Crippen LogP contribution is 2.26. The lowest BCUT2D eigenvalue weighted by atomic mass is 9.98. The van der Waals surface area contributed by atoms with Gasteiger partial charge >= 0.3 is 5.91 Å². The minimum absolute atomic E-state index is 0.267. The molecule has 0 radical (unpaired) electrons. The van der Waals surface area contributed by atoms with Crippen LogP contribution in [0.1, 0.15) is 38.7 Å². The number of carbonyl (C=O) groups is 2. The highest BCUT2D eigenvalue weighted by Gasteiger charge is 2.47. The van der Waals surface area contributed by atoms with Gasteiger partial charge in [0.1, 0.15) is 0 Å². The summed E-state index contributed by atoms with van der Waals surface area (Å²) in [6, 6.07) is 21.4. The van der Waals surface area contributed by atoms with Crippen molar-refractivity contribution < 1.29 is 14.3 Å². The van der Waals surface area contributed by atoms with Crippen molar-refractivity contribution >= 4 is 29.6 Å². The fourth-order valence-corrected chi connectivity index (χ4v) is 3.79. The maximum Gasteiger partial charge on any atom is 0.304 e. The summed E-state index contributed by atoms with van der Waals surface area (Å²) >= 11 is 6.00. The van der Waals surface area contributed by atoms with Crippen molar-refractivity contribution in [3.63, 3.8) is 0 Å². The standard InChI is InChI=1S/C25H22ClN3O2/c1-16-6-10-19(11-7-16)23-22(27-24(30)20-5-3-4-17(2)14-20)25(31)28-29(23)15-18-8-12-21(26)13-9-18/h3-15,22-23H,1-2H3,(H-,27,28,30,31)/p+1/b29-15-/t22-,23-/m0/s1. The second-order valence-corrected chi connectivity index (χ2v) is 8.18. The van der Waals surface area contributed by atoms with E-state index in [1.807, 2.05) is 68.6 Å². The number of hydrogen-bond acceptors (Lipinski definition) is 2. The third kappa shape index (κ3) is 4.67. The van der Waals surface area contributed by atoms with E-state index in [9.17, 15) is 9.59 Å². The van der Waals surface area contributed by atoms with E-state index in [-0.39, 0.29) is 11.8 Å². The first-order valence-corrected chi connectivity index (χ1v) is 10.4. The summed E-state index contributed by atoms with van der Waals surface area (Å²) in [5.74, 6) is -0.550. The van der Waals surface area contributed by atoms with Gasteiger partial charge in [0.15, 0.2) is 6.04 Å². The average Bonchev–Trinajstić information content (AvgIpc) is 3.05. The fourth-order valence-electron chi connectivity index (χ4n) is 3.66. The minimum Gasteiger partial charge on any atom is -0.334 e. The van der Waals surface area contributed by atoms with Gasteiger partial charge in [-0.15, -0.1) is 10.1 Å². The average molecular weight is 433 g/mol. The molecule has 2 atom stereocenters. The maximum absolute atomic E-state index is 12.9. The van der Waals surface area contributed by atoms with E-state index in [0.717, 1.165) is 22.3 Å². The van der Waals surface area contributed by atoms with Crippen molar-refractivity contribution in [2.75, 3.05) is 0 Å². The highest BCUT2D eigenvalue weighted by molar-refractivity contribution is 6.30. The molecule has 1 heterocycles. The van der Waals surface area contributed by atoms with Crippen LogP contribution in [0.15, 0.2) is 72.8 Å². The molecular weight excluding hydrogens is 410 g/mol. The Hall–Kier alpha value is -3.44. The molecule has 31 heavy (non-hydrogen) atoms. The summed E-state index contributed by atoms with van der Waals surface area (Å²) in [5, 5.41) is 3.57. The van der Waals surface area contributed by atoms with Gasteiger partial charge in [0, 0.05) is 21.7 Å². The van der Waals surface area contributed by atoms with Crippen molar-refractivity contribution in [2.45, 2.75) is 25.9 Å². The number of amides is 2. The second kappa shape index (κ2) is 8.74. The van der Waals surface area contributed by atoms with Crippen molar-refractivity contribution in [2.24, 2.45) is 0 Å². The van der Waals surface area contributed by atoms with Crippen molar-refractivity contribution in [3.05, 3.63) is 106 Å². The fraction of sp³-hybridized carbons (Fsp3) is 0.160. The van der Waals surface area contributed by atoms with E-state index >= 15 is 0 Å². The number of hydrazone groups is 1. The van der Waals surface area contributed by atoms with E-state index in [1.165, 1.54) is 0 Å². The van der Waals surface area contributed by atoms with Crippen molar-refractivity contribution in [3.8, 4) is 0 Å². The molecule has 6 heteroatoms. The van der Waals surface area contributed by atoms with E-state index in [2.05, 4.69) is 10.7 Å². The van der Waals surface area contributed by atoms with Crippen LogP contribution < -0.4 is 10.7 Å². The van der Waals surface area contributed by atoms with Gasteiger partial charge in [-0.2, -0.15) is 0 Å². The Kier molecular flexibility index (Phi) is 5.87. The van der Waals surface area contributed by atoms with Crippen LogP contribution in [0.3, 0.4) is 0 Å². The number of nitrogens with one attached hydrogen (secondary N) is 2. The molecule has 2 N–H and O–H groups in total. The zero-order chi connectivity index (χ0) is 22.0. The van der Waals surface area contributed by atoms with E-state index in [1.54, 1.807) is 28.9 Å². The molecule has 0 unspecified atom stereocenters. The van der Waals surface area contributed by atoms with E-state index in [4.69, 9.17) is 11.6 Å². The summed E-state index contributed by atoms with van der Waals surface area (Å²) in [7, 11) is 0. The Balaban J connectivity index is 1.70. The Labute approximate surface area is 186 Å². The number of carbonyl (C=O) groups excluding carboxylic acids is 2. The number of nitrogens with zero attached hydrogens (tertiary/aromatic N) is 1. The Morgan fingerprint density at radius 3 is 2.39 bits per heavy atom. The molecule has 0 bridgehead atoms. The first-order chi connectivity index (χ1) is 14.9. The summed E-state index contributed by atoms with van der Waals surface area (Å²) in [6.45, 7) is 3.94. The largest absolute Gasteiger partial charge is 0.334 e. The molecule has 156 valence electrons. The first-order valence-electron chi connectivity index (χ1n) is 10.0. The summed E-state index contributed by atoms with van der Waals surface area (Å²) in [5.41, 5.74) is 7.32. The molecule has 1 fully saturated rings. The molecule has 3 aromatic carbocycles. The van der Waals surface area contributed by atoms with Gasteiger partial charge in [0.25, 0.3) is 5.91 Å². The van der Waals surface area contributed by atoms with Crippen LogP contribution in [0.25, 0.3) is 0 Å². The molecular formula is C25H23ClN3O2+. The smallest absolute Gasteiger partial charge is 0.304 e. The molecule has 1 aliphatic heterocycles. The number of hydrazine groups is 1. The predicted molar refractivity (Wildman–Crippen MR) is 121 cm³/mol. The Morgan fingerprint density at radius 1 is 1.00 bits per heavy atom. The molecule has 3 aromatic rings.